The molecule has 0 saturated carbocycles. The van der Waals surface area contributed by atoms with Gasteiger partial charge in [-0.15, -0.1) is 0 Å². The SMILES string of the molecule is CCCCOc1c(Cl)cc(C(=O)O[C@@H](C)C(=O)NC(=O)NC)cc1OC. The molecule has 0 spiro atoms. The van der Waals surface area contributed by atoms with Crippen LogP contribution in [-0.2, 0) is 9.53 Å². The second kappa shape index (κ2) is 10.5. The molecular weight excluding hydrogens is 364 g/mol. The van der Waals surface area contributed by atoms with Crippen molar-refractivity contribution >= 4 is 29.5 Å². The van der Waals surface area contributed by atoms with E-state index in [1.165, 1.54) is 33.2 Å². The lowest BCUT2D eigenvalue weighted by Crippen LogP contribution is -2.43. The quantitative estimate of drug-likeness (QED) is 0.525. The number of amides is 3. The van der Waals surface area contributed by atoms with Gasteiger partial charge in [0, 0.05) is 7.05 Å². The summed E-state index contributed by atoms with van der Waals surface area (Å²) in [6, 6.07) is 2.09. The third kappa shape index (κ3) is 6.11. The third-order valence-electron chi connectivity index (χ3n) is 3.33. The van der Waals surface area contributed by atoms with Gasteiger partial charge in [0.2, 0.25) is 0 Å². The van der Waals surface area contributed by atoms with Crippen molar-refractivity contribution in [3.8, 4) is 11.5 Å². The van der Waals surface area contributed by atoms with Crippen LogP contribution in [-0.4, -0.2) is 44.8 Å². The van der Waals surface area contributed by atoms with Crippen LogP contribution in [0.5, 0.6) is 11.5 Å². The van der Waals surface area contributed by atoms with Crippen molar-refractivity contribution in [2.24, 2.45) is 0 Å². The van der Waals surface area contributed by atoms with E-state index in [0.29, 0.717) is 12.4 Å². The second-order valence-electron chi connectivity index (χ2n) is 5.31. The average molecular weight is 387 g/mol. The van der Waals surface area contributed by atoms with E-state index in [-0.39, 0.29) is 16.3 Å². The summed E-state index contributed by atoms with van der Waals surface area (Å²) in [5.74, 6) is -0.923. The summed E-state index contributed by atoms with van der Waals surface area (Å²) in [6.07, 6.45) is 0.631. The van der Waals surface area contributed by atoms with Gasteiger partial charge in [0.05, 0.1) is 24.3 Å². The van der Waals surface area contributed by atoms with Crippen LogP contribution in [0.1, 0.15) is 37.0 Å². The summed E-state index contributed by atoms with van der Waals surface area (Å²) in [5, 5.41) is 4.44. The largest absolute Gasteiger partial charge is 0.493 e. The monoisotopic (exact) mass is 386 g/mol. The van der Waals surface area contributed by atoms with Crippen molar-refractivity contribution < 1.29 is 28.6 Å². The Kier molecular flexibility index (Phi) is 8.71. The van der Waals surface area contributed by atoms with Crippen molar-refractivity contribution in [1.29, 1.82) is 0 Å². The maximum Gasteiger partial charge on any atom is 0.339 e. The van der Waals surface area contributed by atoms with Gasteiger partial charge >= 0.3 is 12.0 Å². The molecule has 0 bridgehead atoms. The van der Waals surface area contributed by atoms with Gasteiger partial charge in [-0.2, -0.15) is 0 Å². The highest BCUT2D eigenvalue weighted by atomic mass is 35.5. The summed E-state index contributed by atoms with van der Waals surface area (Å²) >= 11 is 6.18. The topological polar surface area (TPSA) is 103 Å². The van der Waals surface area contributed by atoms with Gasteiger partial charge in [-0.05, 0) is 25.5 Å². The predicted molar refractivity (Wildman–Crippen MR) is 95.9 cm³/mol. The molecule has 0 radical (unpaired) electrons. The molecule has 0 unspecified atom stereocenters. The van der Waals surface area contributed by atoms with E-state index < -0.39 is 24.0 Å². The highest BCUT2D eigenvalue weighted by Crippen LogP contribution is 2.36. The number of unbranched alkanes of at least 4 members (excludes halogenated alkanes) is 1. The molecule has 1 rings (SSSR count). The number of nitrogens with one attached hydrogen (secondary N) is 2. The van der Waals surface area contributed by atoms with Gasteiger partial charge in [-0.1, -0.05) is 24.9 Å². The summed E-state index contributed by atoms with van der Waals surface area (Å²) in [6.45, 7) is 3.84. The maximum atomic E-state index is 12.2. The van der Waals surface area contributed by atoms with Gasteiger partial charge in [0.15, 0.2) is 17.6 Å². The minimum atomic E-state index is -1.18. The van der Waals surface area contributed by atoms with Gasteiger partial charge in [-0.25, -0.2) is 9.59 Å². The molecule has 0 saturated heterocycles. The van der Waals surface area contributed by atoms with E-state index in [0.717, 1.165) is 12.8 Å². The van der Waals surface area contributed by atoms with E-state index in [9.17, 15) is 14.4 Å². The number of ether oxygens (including phenoxy) is 3. The van der Waals surface area contributed by atoms with Crippen LogP contribution in [0.25, 0.3) is 0 Å². The molecule has 0 aliphatic rings. The van der Waals surface area contributed by atoms with E-state index in [4.69, 9.17) is 25.8 Å². The minimum absolute atomic E-state index is 0.0919. The van der Waals surface area contributed by atoms with Crippen molar-refractivity contribution in [3.63, 3.8) is 0 Å². The lowest BCUT2D eigenvalue weighted by atomic mass is 10.2. The molecule has 0 aromatic heterocycles. The van der Waals surface area contributed by atoms with E-state index in [1.807, 2.05) is 12.2 Å². The Bertz CT molecular complexity index is 665. The van der Waals surface area contributed by atoms with Crippen molar-refractivity contribution in [2.45, 2.75) is 32.8 Å². The van der Waals surface area contributed by atoms with Crippen molar-refractivity contribution in [3.05, 3.63) is 22.7 Å². The molecule has 144 valence electrons. The number of halogens is 1. The standard InChI is InChI=1S/C17H23ClN2O6/c1-5-6-7-25-14-12(18)8-11(9-13(14)24-4)16(22)26-10(2)15(21)20-17(23)19-3/h8-10H,5-7H2,1-4H3,(H2,19,20,21,23)/t10-/m0/s1. The zero-order chi connectivity index (χ0) is 19.7. The first kappa shape index (κ1) is 21.6. The fourth-order valence-corrected chi connectivity index (χ4v) is 2.12. The van der Waals surface area contributed by atoms with Gasteiger partial charge in [0.1, 0.15) is 0 Å². The van der Waals surface area contributed by atoms with Crippen molar-refractivity contribution in [2.75, 3.05) is 20.8 Å². The van der Waals surface area contributed by atoms with Crippen LogP contribution in [0.15, 0.2) is 12.1 Å². The average Bonchev–Trinajstić information content (AvgIpc) is 2.62. The molecule has 8 nitrogen and oxygen atoms in total. The first-order valence-corrected chi connectivity index (χ1v) is 8.45. The number of rotatable bonds is 8. The lowest BCUT2D eigenvalue weighted by Gasteiger charge is -2.15. The minimum Gasteiger partial charge on any atom is -0.493 e. The van der Waals surface area contributed by atoms with Crippen LogP contribution >= 0.6 is 11.6 Å². The summed E-state index contributed by atoms with van der Waals surface area (Å²) in [4.78, 5) is 35.1. The molecular formula is C17H23ClN2O6. The third-order valence-corrected chi connectivity index (χ3v) is 3.61. The lowest BCUT2D eigenvalue weighted by molar-refractivity contribution is -0.127. The van der Waals surface area contributed by atoms with Crippen molar-refractivity contribution in [1.82, 2.24) is 10.6 Å². The molecule has 1 atom stereocenters. The van der Waals surface area contributed by atoms with Crippen LogP contribution in [0.3, 0.4) is 0 Å². The number of carbonyl (C=O) groups excluding carboxylic acids is 3. The highest BCUT2D eigenvalue weighted by molar-refractivity contribution is 6.32. The molecule has 26 heavy (non-hydrogen) atoms. The molecule has 3 amide bonds. The Balaban J connectivity index is 2.87. The van der Waals surface area contributed by atoms with Crippen LogP contribution in [0.2, 0.25) is 5.02 Å². The summed E-state index contributed by atoms with van der Waals surface area (Å²) < 4.78 is 15.9. The van der Waals surface area contributed by atoms with E-state index >= 15 is 0 Å². The predicted octanol–water partition coefficient (Wildman–Crippen LogP) is 2.53. The van der Waals surface area contributed by atoms with Crippen LogP contribution < -0.4 is 20.1 Å². The van der Waals surface area contributed by atoms with Gasteiger partial charge in [0.25, 0.3) is 5.91 Å². The normalized spacial score (nSPS) is 11.3. The summed E-state index contributed by atoms with van der Waals surface area (Å²) in [5.41, 5.74) is 0.0919. The molecule has 1 aromatic carbocycles. The zero-order valence-electron chi connectivity index (χ0n) is 15.2. The molecule has 0 aliphatic heterocycles. The molecule has 2 N–H and O–H groups in total. The maximum absolute atomic E-state index is 12.2. The van der Waals surface area contributed by atoms with Crippen LogP contribution in [0, 0.1) is 0 Å². The first-order chi connectivity index (χ1) is 12.3. The van der Waals surface area contributed by atoms with Gasteiger partial charge < -0.3 is 19.5 Å². The number of methoxy groups -OCH3 is 1. The number of carbonyl (C=O) groups is 3. The number of urea groups is 1. The highest BCUT2D eigenvalue weighted by Gasteiger charge is 2.22. The smallest absolute Gasteiger partial charge is 0.339 e. The molecule has 1 aromatic rings. The first-order valence-electron chi connectivity index (χ1n) is 8.07. The number of benzene rings is 1. The molecule has 0 fully saturated rings. The zero-order valence-corrected chi connectivity index (χ0v) is 15.9. The number of imide groups is 1. The Labute approximate surface area is 157 Å². The Morgan fingerprint density at radius 3 is 2.54 bits per heavy atom. The molecule has 9 heteroatoms. The molecule has 0 aliphatic carbocycles. The number of hydrogen-bond donors (Lipinski definition) is 2. The second-order valence-corrected chi connectivity index (χ2v) is 5.71. The molecule has 0 heterocycles. The Morgan fingerprint density at radius 1 is 1.27 bits per heavy atom. The van der Waals surface area contributed by atoms with Crippen LogP contribution in [0.4, 0.5) is 4.79 Å². The van der Waals surface area contributed by atoms with Gasteiger partial charge in [-0.3, -0.25) is 10.1 Å². The van der Waals surface area contributed by atoms with E-state index in [2.05, 4.69) is 5.32 Å². The van der Waals surface area contributed by atoms with E-state index in [1.54, 1.807) is 0 Å². The summed E-state index contributed by atoms with van der Waals surface area (Å²) in [7, 11) is 2.78. The Hall–Kier alpha value is -2.48. The number of hydrogen-bond acceptors (Lipinski definition) is 6. The fraction of sp³-hybridized carbons (Fsp3) is 0.471. The number of esters is 1. The Morgan fingerprint density at radius 2 is 1.96 bits per heavy atom. The fourth-order valence-electron chi connectivity index (χ4n) is 1.85.